The van der Waals surface area contributed by atoms with Gasteiger partial charge in [0, 0.05) is 11.6 Å². The Bertz CT molecular complexity index is 435. The number of nitriles is 1. The molecule has 0 unspecified atom stereocenters. The van der Waals surface area contributed by atoms with Crippen molar-refractivity contribution in [2.24, 2.45) is 0 Å². The molecule has 0 amide bonds. The Balaban J connectivity index is 3.40. The van der Waals surface area contributed by atoms with E-state index in [9.17, 15) is 9.18 Å². The summed E-state index contributed by atoms with van der Waals surface area (Å²) in [5.74, 6) is -0.820. The van der Waals surface area contributed by atoms with E-state index < -0.39 is 5.82 Å². The van der Waals surface area contributed by atoms with Crippen molar-refractivity contribution < 1.29 is 13.9 Å². The van der Waals surface area contributed by atoms with E-state index >= 15 is 0 Å². The SMILES string of the molecule is CCOc1cc(F)cc(C(C)=O)c1C#N. The average molecular weight is 207 g/mol. The zero-order chi connectivity index (χ0) is 11.4. The second kappa shape index (κ2) is 4.56. The van der Waals surface area contributed by atoms with Gasteiger partial charge in [0.25, 0.3) is 0 Å². The van der Waals surface area contributed by atoms with Crippen molar-refractivity contribution in [2.75, 3.05) is 6.61 Å². The van der Waals surface area contributed by atoms with E-state index in [1.807, 2.05) is 6.07 Å². The first kappa shape index (κ1) is 11.2. The summed E-state index contributed by atoms with van der Waals surface area (Å²) in [6.07, 6.45) is 0. The molecule has 1 rings (SSSR count). The minimum absolute atomic E-state index is 0.0564. The molecule has 0 heterocycles. The van der Waals surface area contributed by atoms with Crippen LogP contribution in [-0.2, 0) is 0 Å². The van der Waals surface area contributed by atoms with Crippen LogP contribution in [0.2, 0.25) is 0 Å². The van der Waals surface area contributed by atoms with Crippen LogP contribution in [-0.4, -0.2) is 12.4 Å². The summed E-state index contributed by atoms with van der Waals surface area (Å²) in [6.45, 7) is 3.32. The molecule has 0 fully saturated rings. The maximum Gasteiger partial charge on any atom is 0.161 e. The third-order valence-electron chi connectivity index (χ3n) is 1.86. The number of carbonyl (C=O) groups excluding carboxylic acids is 1. The Hall–Kier alpha value is -1.89. The lowest BCUT2D eigenvalue weighted by Crippen LogP contribution is -2.03. The van der Waals surface area contributed by atoms with E-state index in [-0.39, 0.29) is 22.7 Å². The minimum Gasteiger partial charge on any atom is -0.492 e. The summed E-state index contributed by atoms with van der Waals surface area (Å²) < 4.78 is 18.2. The average Bonchev–Trinajstić information content (AvgIpc) is 2.17. The normalized spacial score (nSPS) is 9.47. The highest BCUT2D eigenvalue weighted by Crippen LogP contribution is 2.24. The molecule has 0 N–H and O–H groups in total. The first-order valence-electron chi connectivity index (χ1n) is 4.47. The van der Waals surface area contributed by atoms with Gasteiger partial charge in [-0.05, 0) is 19.9 Å². The van der Waals surface area contributed by atoms with Crippen molar-refractivity contribution in [3.8, 4) is 11.8 Å². The molecule has 0 aliphatic carbocycles. The number of benzene rings is 1. The number of Topliss-reactive ketones (excluding diaryl/α,β-unsaturated/α-hetero) is 1. The van der Waals surface area contributed by atoms with Gasteiger partial charge in [-0.2, -0.15) is 5.26 Å². The number of ketones is 1. The zero-order valence-electron chi connectivity index (χ0n) is 8.50. The molecule has 1 aromatic rings. The molecule has 0 radical (unpaired) electrons. The molecule has 3 nitrogen and oxygen atoms in total. The maximum atomic E-state index is 13.1. The van der Waals surface area contributed by atoms with E-state index in [1.165, 1.54) is 6.92 Å². The number of hydrogen-bond acceptors (Lipinski definition) is 3. The third kappa shape index (κ3) is 2.32. The van der Waals surface area contributed by atoms with E-state index in [0.29, 0.717) is 6.61 Å². The Labute approximate surface area is 87.1 Å². The molecule has 0 atom stereocenters. The smallest absolute Gasteiger partial charge is 0.161 e. The largest absolute Gasteiger partial charge is 0.492 e. The van der Waals surface area contributed by atoms with E-state index in [2.05, 4.69) is 0 Å². The zero-order valence-corrected chi connectivity index (χ0v) is 8.50. The molecule has 0 aliphatic rings. The molecule has 78 valence electrons. The van der Waals surface area contributed by atoms with Gasteiger partial charge in [-0.25, -0.2) is 4.39 Å². The molecule has 0 bridgehead atoms. The van der Waals surface area contributed by atoms with Gasteiger partial charge in [0.1, 0.15) is 23.2 Å². The number of rotatable bonds is 3. The van der Waals surface area contributed by atoms with Crippen molar-refractivity contribution >= 4 is 5.78 Å². The third-order valence-corrected chi connectivity index (χ3v) is 1.86. The van der Waals surface area contributed by atoms with Crippen molar-refractivity contribution in [1.29, 1.82) is 5.26 Å². The highest BCUT2D eigenvalue weighted by atomic mass is 19.1. The fourth-order valence-electron chi connectivity index (χ4n) is 1.24. The summed E-state index contributed by atoms with van der Waals surface area (Å²) >= 11 is 0. The molecule has 0 spiro atoms. The monoisotopic (exact) mass is 207 g/mol. The van der Waals surface area contributed by atoms with E-state index in [4.69, 9.17) is 10.00 Å². The van der Waals surface area contributed by atoms with Crippen LogP contribution >= 0.6 is 0 Å². The quantitative estimate of drug-likeness (QED) is 0.714. The first-order valence-corrected chi connectivity index (χ1v) is 4.47. The van der Waals surface area contributed by atoms with Gasteiger partial charge in [0.05, 0.1) is 6.61 Å². The predicted octanol–water partition coefficient (Wildman–Crippen LogP) is 2.30. The van der Waals surface area contributed by atoms with Crippen LogP contribution in [0.25, 0.3) is 0 Å². The van der Waals surface area contributed by atoms with Crippen molar-refractivity contribution in [2.45, 2.75) is 13.8 Å². The Morgan fingerprint density at radius 2 is 2.27 bits per heavy atom. The number of carbonyl (C=O) groups is 1. The second-order valence-corrected chi connectivity index (χ2v) is 2.93. The number of ether oxygens (including phenoxy) is 1. The van der Waals surface area contributed by atoms with Gasteiger partial charge in [-0.15, -0.1) is 0 Å². The van der Waals surface area contributed by atoms with Gasteiger partial charge < -0.3 is 4.74 Å². The fourth-order valence-corrected chi connectivity index (χ4v) is 1.24. The number of halogens is 1. The topological polar surface area (TPSA) is 50.1 Å². The standard InChI is InChI=1S/C11H10FNO2/c1-3-15-11-5-8(12)4-9(7(2)14)10(11)6-13/h4-5H,3H2,1-2H3. The minimum atomic E-state index is -0.581. The molecule has 1 aromatic carbocycles. The van der Waals surface area contributed by atoms with Crippen LogP contribution in [0.15, 0.2) is 12.1 Å². The number of hydrogen-bond donors (Lipinski definition) is 0. The molecule has 15 heavy (non-hydrogen) atoms. The van der Waals surface area contributed by atoms with Crippen molar-refractivity contribution in [1.82, 2.24) is 0 Å². The lowest BCUT2D eigenvalue weighted by molar-refractivity contribution is 0.101. The lowest BCUT2D eigenvalue weighted by atomic mass is 10.0. The van der Waals surface area contributed by atoms with Crippen molar-refractivity contribution in [3.05, 3.63) is 29.1 Å². The van der Waals surface area contributed by atoms with Crippen LogP contribution < -0.4 is 4.74 Å². The van der Waals surface area contributed by atoms with Gasteiger partial charge in [-0.1, -0.05) is 0 Å². The summed E-state index contributed by atoms with van der Waals surface area (Å²) in [5, 5.41) is 8.86. The van der Waals surface area contributed by atoms with Gasteiger partial charge in [0.15, 0.2) is 5.78 Å². The highest BCUT2D eigenvalue weighted by Gasteiger charge is 2.14. The Morgan fingerprint density at radius 3 is 2.73 bits per heavy atom. The Kier molecular flexibility index (Phi) is 3.40. The fraction of sp³-hybridized carbons (Fsp3) is 0.273. The maximum absolute atomic E-state index is 13.1. The second-order valence-electron chi connectivity index (χ2n) is 2.93. The van der Waals surface area contributed by atoms with Crippen molar-refractivity contribution in [3.63, 3.8) is 0 Å². The molecule has 0 saturated heterocycles. The lowest BCUT2D eigenvalue weighted by Gasteiger charge is -2.08. The molecule has 0 saturated carbocycles. The van der Waals surface area contributed by atoms with Gasteiger partial charge in [-0.3, -0.25) is 4.79 Å². The molecule has 0 aromatic heterocycles. The van der Waals surface area contributed by atoms with Crippen LogP contribution in [0.5, 0.6) is 5.75 Å². The summed E-state index contributed by atoms with van der Waals surface area (Å²) in [4.78, 5) is 11.2. The molecular weight excluding hydrogens is 197 g/mol. The highest BCUT2D eigenvalue weighted by molar-refractivity contribution is 5.97. The summed E-state index contributed by atoms with van der Waals surface area (Å²) in [5.41, 5.74) is 0.145. The van der Waals surface area contributed by atoms with Crippen LogP contribution in [0.3, 0.4) is 0 Å². The van der Waals surface area contributed by atoms with E-state index in [0.717, 1.165) is 12.1 Å². The van der Waals surface area contributed by atoms with Gasteiger partial charge in [0.2, 0.25) is 0 Å². The number of nitrogens with zero attached hydrogens (tertiary/aromatic N) is 1. The Morgan fingerprint density at radius 1 is 1.60 bits per heavy atom. The van der Waals surface area contributed by atoms with Crippen LogP contribution in [0.4, 0.5) is 4.39 Å². The molecule has 4 heteroatoms. The molecule has 0 aliphatic heterocycles. The van der Waals surface area contributed by atoms with Gasteiger partial charge >= 0.3 is 0 Å². The first-order chi connectivity index (χ1) is 7.10. The predicted molar refractivity (Wildman–Crippen MR) is 52.3 cm³/mol. The summed E-state index contributed by atoms with van der Waals surface area (Å²) in [6, 6.07) is 4.00. The van der Waals surface area contributed by atoms with Crippen LogP contribution in [0, 0.1) is 17.1 Å². The van der Waals surface area contributed by atoms with Crippen LogP contribution in [0.1, 0.15) is 29.8 Å². The molecular formula is C11H10FNO2. The van der Waals surface area contributed by atoms with E-state index in [1.54, 1.807) is 6.92 Å². The summed E-state index contributed by atoms with van der Waals surface area (Å²) in [7, 11) is 0.